The molecule has 9 heteroatoms. The Morgan fingerprint density at radius 1 is 1.00 bits per heavy atom. The van der Waals surface area contributed by atoms with Crippen LogP contribution in [0.3, 0.4) is 0 Å². The number of para-hydroxylation sites is 1. The van der Waals surface area contributed by atoms with Crippen LogP contribution in [0.4, 0.5) is 17.6 Å². The van der Waals surface area contributed by atoms with Crippen molar-refractivity contribution in [3.05, 3.63) is 59.4 Å². The van der Waals surface area contributed by atoms with Crippen molar-refractivity contribution in [1.82, 2.24) is 15.0 Å². The number of nitrogens with one attached hydrogen (secondary N) is 1. The summed E-state index contributed by atoms with van der Waals surface area (Å²) in [7, 11) is 0. The number of carbonyl (C=O) groups excluding carboxylic acids is 1. The normalized spacial score (nSPS) is 10.4. The number of aromatic nitrogens is 3. The smallest absolute Gasteiger partial charge is 0.338 e. The van der Waals surface area contributed by atoms with E-state index in [0.29, 0.717) is 30.3 Å². The monoisotopic (exact) mass is 423 g/mol. The first-order chi connectivity index (χ1) is 15.0. The van der Waals surface area contributed by atoms with Crippen LogP contribution in [0, 0.1) is 6.92 Å². The van der Waals surface area contributed by atoms with Crippen LogP contribution < -0.4 is 20.5 Å². The average molecular weight is 423 g/mol. The van der Waals surface area contributed by atoms with Gasteiger partial charge in [-0.1, -0.05) is 18.2 Å². The van der Waals surface area contributed by atoms with Crippen LogP contribution in [0.15, 0.2) is 42.5 Å². The summed E-state index contributed by atoms with van der Waals surface area (Å²) in [6.07, 6.45) is 0. The molecule has 0 spiro atoms. The molecule has 0 atom stereocenters. The van der Waals surface area contributed by atoms with Gasteiger partial charge in [-0.3, -0.25) is 0 Å². The van der Waals surface area contributed by atoms with Gasteiger partial charge in [0.1, 0.15) is 0 Å². The van der Waals surface area contributed by atoms with Gasteiger partial charge in [-0.15, -0.1) is 0 Å². The molecule has 0 unspecified atom stereocenters. The van der Waals surface area contributed by atoms with Gasteiger partial charge in [0.05, 0.1) is 18.8 Å². The number of hydrogen-bond acceptors (Lipinski definition) is 9. The van der Waals surface area contributed by atoms with Crippen LogP contribution in [0.1, 0.15) is 35.6 Å². The minimum atomic E-state index is -0.545. The predicted molar refractivity (Wildman–Crippen MR) is 117 cm³/mol. The fourth-order valence-corrected chi connectivity index (χ4v) is 2.78. The molecule has 0 saturated heterocycles. The lowest BCUT2D eigenvalue weighted by Crippen LogP contribution is -2.11. The summed E-state index contributed by atoms with van der Waals surface area (Å²) in [4.78, 5) is 24.9. The molecule has 3 N–H and O–H groups in total. The summed E-state index contributed by atoms with van der Waals surface area (Å²) >= 11 is 0. The number of hydrogen-bond donors (Lipinski definition) is 2. The second-order valence-corrected chi connectivity index (χ2v) is 6.48. The molecule has 3 rings (SSSR count). The number of carbonyl (C=O) groups is 1. The van der Waals surface area contributed by atoms with Crippen molar-refractivity contribution in [3.8, 4) is 11.5 Å². The van der Waals surface area contributed by atoms with E-state index < -0.39 is 5.97 Å². The molecule has 0 fully saturated rings. The number of rotatable bonds is 9. The molecule has 3 aromatic rings. The van der Waals surface area contributed by atoms with Gasteiger partial charge in [-0.25, -0.2) is 4.79 Å². The minimum Gasteiger partial charge on any atom is -0.490 e. The van der Waals surface area contributed by atoms with E-state index in [1.807, 2.05) is 45.0 Å². The van der Waals surface area contributed by atoms with Gasteiger partial charge in [0.25, 0.3) is 0 Å². The highest BCUT2D eigenvalue weighted by Gasteiger charge is 2.14. The maximum Gasteiger partial charge on any atom is 0.338 e. The first-order valence-electron chi connectivity index (χ1n) is 9.90. The maximum atomic E-state index is 12.5. The van der Waals surface area contributed by atoms with Crippen molar-refractivity contribution in [1.29, 1.82) is 0 Å². The van der Waals surface area contributed by atoms with Crippen LogP contribution >= 0.6 is 0 Å². The van der Waals surface area contributed by atoms with Gasteiger partial charge in [0, 0.05) is 5.69 Å². The van der Waals surface area contributed by atoms with E-state index in [4.69, 9.17) is 19.9 Å². The molecule has 9 nitrogen and oxygen atoms in total. The molecule has 0 radical (unpaired) electrons. The molecule has 0 aliphatic heterocycles. The van der Waals surface area contributed by atoms with Crippen LogP contribution in [0.25, 0.3) is 0 Å². The van der Waals surface area contributed by atoms with Crippen LogP contribution in [-0.2, 0) is 11.3 Å². The summed E-state index contributed by atoms with van der Waals surface area (Å²) in [5, 5.41) is 3.10. The van der Waals surface area contributed by atoms with E-state index in [1.54, 1.807) is 18.2 Å². The zero-order valence-corrected chi connectivity index (χ0v) is 17.7. The lowest BCUT2D eigenvalue weighted by Gasteiger charge is -2.12. The third-order valence-electron chi connectivity index (χ3n) is 4.20. The van der Waals surface area contributed by atoms with Gasteiger partial charge in [0.2, 0.25) is 11.9 Å². The summed E-state index contributed by atoms with van der Waals surface area (Å²) < 4.78 is 16.4. The number of benzene rings is 2. The fraction of sp³-hybridized carbons (Fsp3) is 0.273. The Morgan fingerprint density at radius 3 is 2.48 bits per heavy atom. The topological polar surface area (TPSA) is 121 Å². The molecular weight excluding hydrogens is 398 g/mol. The van der Waals surface area contributed by atoms with Gasteiger partial charge < -0.3 is 25.3 Å². The fourth-order valence-electron chi connectivity index (χ4n) is 2.78. The Kier molecular flexibility index (Phi) is 7.21. The molecule has 0 bridgehead atoms. The highest BCUT2D eigenvalue weighted by Crippen LogP contribution is 2.29. The first-order valence-corrected chi connectivity index (χ1v) is 9.90. The number of esters is 1. The molecule has 31 heavy (non-hydrogen) atoms. The van der Waals surface area contributed by atoms with Crippen molar-refractivity contribution in [2.24, 2.45) is 0 Å². The molecular formula is C22H25N5O4. The second kappa shape index (κ2) is 10.2. The van der Waals surface area contributed by atoms with Crippen LogP contribution in [0.2, 0.25) is 0 Å². The molecule has 0 amide bonds. The summed E-state index contributed by atoms with van der Waals surface area (Å²) in [6.45, 7) is 6.46. The lowest BCUT2D eigenvalue weighted by atomic mass is 10.2. The Bertz CT molecular complexity index is 1060. The maximum absolute atomic E-state index is 12.5. The first kappa shape index (κ1) is 21.8. The quantitative estimate of drug-likeness (QED) is 0.496. The van der Waals surface area contributed by atoms with E-state index in [-0.39, 0.29) is 24.3 Å². The number of nitrogen functional groups attached to an aromatic ring is 1. The summed E-state index contributed by atoms with van der Waals surface area (Å²) in [6, 6.07) is 12.6. The van der Waals surface area contributed by atoms with Crippen molar-refractivity contribution in [2.75, 3.05) is 24.3 Å². The number of ether oxygens (including phenoxy) is 3. The molecule has 2 aromatic carbocycles. The highest BCUT2D eigenvalue weighted by atomic mass is 16.5. The number of nitrogens with zero attached hydrogens (tertiary/aromatic N) is 3. The highest BCUT2D eigenvalue weighted by molar-refractivity contribution is 5.90. The summed E-state index contributed by atoms with van der Waals surface area (Å²) in [5.41, 5.74) is 7.98. The number of anilines is 3. The van der Waals surface area contributed by atoms with Gasteiger partial charge in [-0.2, -0.15) is 15.0 Å². The Hall–Kier alpha value is -3.88. The standard InChI is InChI=1S/C22H25N5O4/c1-4-29-17-11-10-15(12-18(17)30-5-2)20(28)31-13-19-25-21(23)27-22(26-19)24-16-9-7-6-8-14(16)3/h6-12H,4-5,13H2,1-3H3,(H3,23,24,25,26,27). The number of aryl methyl sites for hydroxylation is 1. The van der Waals surface area contributed by atoms with Gasteiger partial charge in [0.15, 0.2) is 23.9 Å². The number of nitrogens with two attached hydrogens (primary N) is 1. The zero-order valence-electron chi connectivity index (χ0n) is 17.7. The molecule has 0 aliphatic carbocycles. The van der Waals surface area contributed by atoms with Crippen LogP contribution in [0.5, 0.6) is 11.5 Å². The molecule has 1 aromatic heterocycles. The van der Waals surface area contributed by atoms with Crippen molar-refractivity contribution in [3.63, 3.8) is 0 Å². The van der Waals surface area contributed by atoms with E-state index in [9.17, 15) is 4.79 Å². The predicted octanol–water partition coefficient (Wildman–Crippen LogP) is 3.66. The van der Waals surface area contributed by atoms with Crippen molar-refractivity contribution >= 4 is 23.6 Å². The van der Waals surface area contributed by atoms with Gasteiger partial charge >= 0.3 is 5.97 Å². The third-order valence-corrected chi connectivity index (χ3v) is 4.20. The zero-order chi connectivity index (χ0) is 22.2. The Labute approximate surface area is 180 Å². The SMILES string of the molecule is CCOc1ccc(C(=O)OCc2nc(N)nc(Nc3ccccc3C)n2)cc1OCC. The van der Waals surface area contributed by atoms with E-state index in [1.165, 1.54) is 0 Å². The molecule has 0 aliphatic rings. The van der Waals surface area contributed by atoms with Crippen LogP contribution in [-0.4, -0.2) is 34.1 Å². The van der Waals surface area contributed by atoms with Gasteiger partial charge in [-0.05, 0) is 50.6 Å². The minimum absolute atomic E-state index is 0.0248. The average Bonchev–Trinajstić information content (AvgIpc) is 2.75. The van der Waals surface area contributed by atoms with Crippen molar-refractivity contribution in [2.45, 2.75) is 27.4 Å². The second-order valence-electron chi connectivity index (χ2n) is 6.48. The Morgan fingerprint density at radius 2 is 1.74 bits per heavy atom. The molecule has 1 heterocycles. The third kappa shape index (κ3) is 5.81. The van der Waals surface area contributed by atoms with E-state index >= 15 is 0 Å². The lowest BCUT2D eigenvalue weighted by molar-refractivity contribution is 0.0461. The Balaban J connectivity index is 1.71. The van der Waals surface area contributed by atoms with Crippen molar-refractivity contribution < 1.29 is 19.0 Å². The summed E-state index contributed by atoms with van der Waals surface area (Å²) in [5.74, 6) is 1.03. The van der Waals surface area contributed by atoms with E-state index in [0.717, 1.165) is 11.3 Å². The molecule has 0 saturated carbocycles. The van der Waals surface area contributed by atoms with E-state index in [2.05, 4.69) is 20.3 Å². The largest absolute Gasteiger partial charge is 0.490 e. The molecule has 162 valence electrons.